The summed E-state index contributed by atoms with van der Waals surface area (Å²) in [5, 5.41) is 11.3. The normalized spacial score (nSPS) is 20.9. The van der Waals surface area contributed by atoms with Crippen LogP contribution in [0.3, 0.4) is 0 Å². The summed E-state index contributed by atoms with van der Waals surface area (Å²) in [5.41, 5.74) is 10.7. The molecule has 2 aliphatic rings. The smallest absolute Gasteiger partial charge is 0.235 e. The van der Waals surface area contributed by atoms with Crippen LogP contribution < -0.4 is 15.9 Å². The Morgan fingerprint density at radius 2 is 2.10 bits per heavy atom. The van der Waals surface area contributed by atoms with Gasteiger partial charge in [0.15, 0.2) is 5.78 Å². The lowest BCUT2D eigenvalue weighted by molar-refractivity contribution is -0.123. The molecule has 1 aliphatic carbocycles. The first-order valence-electron chi connectivity index (χ1n) is 9.16. The van der Waals surface area contributed by atoms with Crippen LogP contribution in [0.15, 0.2) is 45.3 Å². The Morgan fingerprint density at radius 3 is 2.69 bits per heavy atom. The molecule has 1 aromatic carbocycles. The van der Waals surface area contributed by atoms with Gasteiger partial charge in [0.1, 0.15) is 11.6 Å². The van der Waals surface area contributed by atoms with Crippen molar-refractivity contribution in [1.29, 1.82) is 5.26 Å². The Balaban J connectivity index is 2.33. The Labute approximate surface area is 178 Å². The van der Waals surface area contributed by atoms with Gasteiger partial charge in [0.25, 0.3) is 0 Å². The van der Waals surface area contributed by atoms with Crippen molar-refractivity contribution in [1.82, 2.24) is 10.4 Å². The second-order valence-electron chi connectivity index (χ2n) is 8.03. The molecule has 1 aliphatic heterocycles. The molecule has 1 aromatic rings. The number of hydrogen-bond donors (Lipinski definition) is 2. The molecule has 0 fully saturated rings. The summed E-state index contributed by atoms with van der Waals surface area (Å²) >= 11 is 3.46. The molecule has 0 spiro atoms. The van der Waals surface area contributed by atoms with Crippen LogP contribution in [0, 0.1) is 16.7 Å². The van der Waals surface area contributed by atoms with Gasteiger partial charge in [-0.1, -0.05) is 29.8 Å². The number of hydrazine groups is 1. The number of carbonyl (C=O) groups is 2. The summed E-state index contributed by atoms with van der Waals surface area (Å²) in [6.07, 6.45) is 0.867. The predicted molar refractivity (Wildman–Crippen MR) is 111 cm³/mol. The van der Waals surface area contributed by atoms with Gasteiger partial charge in [0.2, 0.25) is 5.91 Å². The highest BCUT2D eigenvalue weighted by Crippen LogP contribution is 2.50. The van der Waals surface area contributed by atoms with E-state index in [1.807, 2.05) is 26.0 Å². The van der Waals surface area contributed by atoms with Crippen LogP contribution in [0.5, 0.6) is 5.75 Å². The summed E-state index contributed by atoms with van der Waals surface area (Å²) in [7, 11) is 1.54. The largest absolute Gasteiger partial charge is 0.496 e. The zero-order valence-corrected chi connectivity index (χ0v) is 18.4. The van der Waals surface area contributed by atoms with Gasteiger partial charge in [0, 0.05) is 29.0 Å². The van der Waals surface area contributed by atoms with E-state index in [1.165, 1.54) is 11.9 Å². The van der Waals surface area contributed by atoms with E-state index in [4.69, 9.17) is 10.5 Å². The zero-order chi connectivity index (χ0) is 21.5. The van der Waals surface area contributed by atoms with Gasteiger partial charge in [0.05, 0.1) is 30.4 Å². The van der Waals surface area contributed by atoms with Crippen LogP contribution >= 0.6 is 15.9 Å². The zero-order valence-electron chi connectivity index (χ0n) is 16.8. The van der Waals surface area contributed by atoms with Crippen LogP contribution in [0.4, 0.5) is 0 Å². The molecule has 29 heavy (non-hydrogen) atoms. The van der Waals surface area contributed by atoms with Crippen molar-refractivity contribution in [3.8, 4) is 11.8 Å². The molecule has 7 nitrogen and oxygen atoms in total. The second kappa shape index (κ2) is 7.56. The molecule has 1 atom stereocenters. The van der Waals surface area contributed by atoms with E-state index < -0.39 is 5.92 Å². The molecule has 0 radical (unpaired) electrons. The van der Waals surface area contributed by atoms with Gasteiger partial charge in [-0.05, 0) is 30.0 Å². The summed E-state index contributed by atoms with van der Waals surface area (Å²) in [6.45, 7) is 5.35. The molecule has 8 heteroatoms. The standard InChI is InChI=1S/C21H23BrN4O3/c1-11(27)25-26-15-8-21(2,3)9-16(28)19(15)18(14(10-23)20(26)24)13-7-12(22)5-6-17(13)29-4/h5-7,18H,8-9,24H2,1-4H3,(H,25,27). The van der Waals surface area contributed by atoms with Gasteiger partial charge < -0.3 is 10.5 Å². The lowest BCUT2D eigenvalue weighted by atomic mass is 9.69. The summed E-state index contributed by atoms with van der Waals surface area (Å²) in [5.74, 6) is -0.420. The Morgan fingerprint density at radius 1 is 1.41 bits per heavy atom. The molecule has 0 bridgehead atoms. The quantitative estimate of drug-likeness (QED) is 0.719. The first-order valence-corrected chi connectivity index (χ1v) is 9.95. The van der Waals surface area contributed by atoms with Crippen molar-refractivity contribution < 1.29 is 14.3 Å². The number of carbonyl (C=O) groups excluding carboxylic acids is 2. The number of nitrogens with one attached hydrogen (secondary N) is 1. The van der Waals surface area contributed by atoms with E-state index in [9.17, 15) is 14.9 Å². The number of amides is 1. The van der Waals surface area contributed by atoms with Crippen LogP contribution in [-0.4, -0.2) is 23.8 Å². The molecular formula is C21H23BrN4O3. The Bertz CT molecular complexity index is 1000. The third-order valence-corrected chi connectivity index (χ3v) is 5.65. The van der Waals surface area contributed by atoms with E-state index in [1.54, 1.807) is 13.2 Å². The number of ether oxygens (including phenoxy) is 1. The lowest BCUT2D eigenvalue weighted by Gasteiger charge is -2.43. The van der Waals surface area contributed by atoms with Gasteiger partial charge >= 0.3 is 0 Å². The molecule has 0 aromatic heterocycles. The van der Waals surface area contributed by atoms with Gasteiger partial charge in [-0.3, -0.25) is 15.0 Å². The number of benzene rings is 1. The minimum atomic E-state index is -0.670. The first-order chi connectivity index (χ1) is 13.6. The molecule has 1 unspecified atom stereocenters. The van der Waals surface area contributed by atoms with Gasteiger partial charge in [-0.2, -0.15) is 5.26 Å². The fourth-order valence-electron chi connectivity index (χ4n) is 4.04. The van der Waals surface area contributed by atoms with Crippen LogP contribution in [0.25, 0.3) is 0 Å². The molecule has 1 amide bonds. The molecule has 152 valence electrons. The maximum Gasteiger partial charge on any atom is 0.235 e. The van der Waals surface area contributed by atoms with Crippen LogP contribution in [0.2, 0.25) is 0 Å². The number of ketones is 1. The minimum absolute atomic E-state index is 0.0705. The lowest BCUT2D eigenvalue weighted by Crippen LogP contribution is -2.49. The summed E-state index contributed by atoms with van der Waals surface area (Å²) < 4.78 is 6.31. The number of hydrogen-bond acceptors (Lipinski definition) is 6. The number of methoxy groups -OCH3 is 1. The van der Waals surface area contributed by atoms with Crippen LogP contribution in [-0.2, 0) is 9.59 Å². The first kappa shape index (κ1) is 20.9. The van der Waals surface area contributed by atoms with E-state index >= 15 is 0 Å². The number of nitrogens with two attached hydrogens (primary N) is 1. The Kier molecular flexibility index (Phi) is 5.46. The van der Waals surface area contributed by atoms with E-state index in [0.717, 1.165) is 4.47 Å². The number of nitriles is 1. The average molecular weight is 459 g/mol. The molecule has 0 saturated carbocycles. The highest BCUT2D eigenvalue weighted by molar-refractivity contribution is 9.10. The number of nitrogens with zero attached hydrogens (tertiary/aromatic N) is 2. The average Bonchev–Trinajstić information content (AvgIpc) is 2.62. The number of Topliss-reactive ketones (excluding diaryl/α,β-unsaturated/α-hetero) is 1. The maximum absolute atomic E-state index is 13.3. The van der Waals surface area contributed by atoms with Crippen molar-refractivity contribution in [2.75, 3.05) is 7.11 Å². The van der Waals surface area contributed by atoms with Crippen molar-refractivity contribution in [2.24, 2.45) is 11.1 Å². The van der Waals surface area contributed by atoms with Crippen molar-refractivity contribution in [2.45, 2.75) is 39.5 Å². The maximum atomic E-state index is 13.3. The number of rotatable bonds is 3. The monoisotopic (exact) mass is 458 g/mol. The van der Waals surface area contributed by atoms with Crippen molar-refractivity contribution >= 4 is 27.6 Å². The Hall–Kier alpha value is -2.79. The minimum Gasteiger partial charge on any atom is -0.496 e. The van der Waals surface area contributed by atoms with E-state index in [2.05, 4.69) is 27.4 Å². The third kappa shape index (κ3) is 3.75. The van der Waals surface area contributed by atoms with E-state index in [0.29, 0.717) is 35.4 Å². The molecule has 0 saturated heterocycles. The van der Waals surface area contributed by atoms with Gasteiger partial charge in [-0.15, -0.1) is 0 Å². The highest BCUT2D eigenvalue weighted by atomic mass is 79.9. The fraction of sp³-hybridized carbons (Fsp3) is 0.381. The summed E-state index contributed by atoms with van der Waals surface area (Å²) in [4.78, 5) is 25.1. The molecule has 1 heterocycles. The second-order valence-corrected chi connectivity index (χ2v) is 8.95. The van der Waals surface area contributed by atoms with Gasteiger partial charge in [-0.25, -0.2) is 5.01 Å². The van der Waals surface area contributed by atoms with Crippen molar-refractivity contribution in [3.05, 3.63) is 50.9 Å². The predicted octanol–water partition coefficient (Wildman–Crippen LogP) is 3.25. The highest BCUT2D eigenvalue weighted by Gasteiger charge is 2.45. The fourth-order valence-corrected chi connectivity index (χ4v) is 4.41. The van der Waals surface area contributed by atoms with Crippen molar-refractivity contribution in [3.63, 3.8) is 0 Å². The molecular weight excluding hydrogens is 436 g/mol. The topological polar surface area (TPSA) is 108 Å². The third-order valence-electron chi connectivity index (χ3n) is 5.15. The number of allylic oxidation sites excluding steroid dienone is 3. The summed E-state index contributed by atoms with van der Waals surface area (Å²) in [6, 6.07) is 7.60. The molecule has 3 N–H and O–H groups in total. The SMILES string of the molecule is COc1ccc(Br)cc1C1C(C#N)=C(N)N(NC(C)=O)C2=C1C(=O)CC(C)(C)C2. The molecule has 3 rings (SSSR count). The van der Waals surface area contributed by atoms with E-state index in [-0.39, 0.29) is 28.5 Å². The number of halogens is 1. The van der Waals surface area contributed by atoms with Crippen LogP contribution in [0.1, 0.15) is 45.1 Å².